The van der Waals surface area contributed by atoms with E-state index in [4.69, 9.17) is 18.0 Å². The molecule has 0 unspecified atom stereocenters. The summed E-state index contributed by atoms with van der Waals surface area (Å²) in [5.74, 6) is 0.921. The normalized spacial score (nSPS) is 9.86. The third kappa shape index (κ3) is 3.59. The van der Waals surface area contributed by atoms with Gasteiger partial charge in [0.1, 0.15) is 5.82 Å². The van der Waals surface area contributed by atoms with Crippen molar-refractivity contribution in [2.45, 2.75) is 6.42 Å². The van der Waals surface area contributed by atoms with E-state index in [9.17, 15) is 0 Å². The van der Waals surface area contributed by atoms with Crippen molar-refractivity contribution in [2.24, 2.45) is 5.73 Å². The maximum atomic E-state index is 5.42. The lowest BCUT2D eigenvalue weighted by Crippen LogP contribution is -2.23. The number of hydrogen-bond donors (Lipinski definition) is 1. The van der Waals surface area contributed by atoms with Crippen LogP contribution in [0.1, 0.15) is 6.42 Å². The number of halogens is 1. The van der Waals surface area contributed by atoms with Gasteiger partial charge in [0, 0.05) is 30.7 Å². The highest BCUT2D eigenvalue weighted by Gasteiger charge is 2.01. The first kappa shape index (κ1) is 11.4. The molecule has 0 amide bonds. The van der Waals surface area contributed by atoms with E-state index in [0.717, 1.165) is 16.8 Å². The van der Waals surface area contributed by atoms with E-state index < -0.39 is 0 Å². The molecule has 1 aromatic heterocycles. The number of hydrogen-bond acceptors (Lipinski definition) is 3. The smallest absolute Gasteiger partial charge is 0.128 e. The number of rotatable bonds is 4. The molecule has 0 aliphatic heterocycles. The van der Waals surface area contributed by atoms with Gasteiger partial charge in [-0.25, -0.2) is 4.98 Å². The highest BCUT2D eigenvalue weighted by Crippen LogP contribution is 2.13. The lowest BCUT2D eigenvalue weighted by atomic mass is 10.3. The summed E-state index contributed by atoms with van der Waals surface area (Å²) in [4.78, 5) is 6.81. The van der Waals surface area contributed by atoms with Gasteiger partial charge in [-0.3, -0.25) is 0 Å². The molecule has 0 spiro atoms. The monoisotopic (exact) mass is 273 g/mol. The Kier molecular flexibility index (Phi) is 4.28. The van der Waals surface area contributed by atoms with Gasteiger partial charge in [0.25, 0.3) is 0 Å². The Morgan fingerprint density at radius 3 is 2.86 bits per heavy atom. The minimum atomic E-state index is 0.536. The molecular weight excluding hydrogens is 262 g/mol. The zero-order valence-electron chi connectivity index (χ0n) is 7.90. The predicted octanol–water partition coefficient (Wildman–Crippen LogP) is 1.96. The highest BCUT2D eigenvalue weighted by molar-refractivity contribution is 9.10. The summed E-state index contributed by atoms with van der Waals surface area (Å²) in [5.41, 5.74) is 5.42. The van der Waals surface area contributed by atoms with Crippen molar-refractivity contribution >= 4 is 39.0 Å². The molecule has 5 heteroatoms. The first-order chi connectivity index (χ1) is 6.59. The molecule has 0 aliphatic carbocycles. The predicted molar refractivity (Wildman–Crippen MR) is 66.6 cm³/mol. The Labute approximate surface area is 97.4 Å². The standard InChI is InChI=1S/C9H12BrN3S/c1-13(5-4-8(11)14)9-3-2-7(10)6-12-9/h2-3,6H,4-5H2,1H3,(H2,11,14). The summed E-state index contributed by atoms with van der Waals surface area (Å²) < 4.78 is 0.976. The van der Waals surface area contributed by atoms with Gasteiger partial charge in [-0.1, -0.05) is 12.2 Å². The van der Waals surface area contributed by atoms with E-state index in [1.807, 2.05) is 24.1 Å². The van der Waals surface area contributed by atoms with Crippen LogP contribution in [0.2, 0.25) is 0 Å². The van der Waals surface area contributed by atoms with E-state index in [0.29, 0.717) is 11.4 Å². The van der Waals surface area contributed by atoms with E-state index in [-0.39, 0.29) is 0 Å². The minimum absolute atomic E-state index is 0.536. The fourth-order valence-electron chi connectivity index (χ4n) is 0.986. The average molecular weight is 274 g/mol. The Balaban J connectivity index is 2.56. The third-order valence-electron chi connectivity index (χ3n) is 1.80. The molecule has 0 atom stereocenters. The number of thiocarbonyl (C=S) groups is 1. The van der Waals surface area contributed by atoms with E-state index in [2.05, 4.69) is 20.9 Å². The Morgan fingerprint density at radius 1 is 1.64 bits per heavy atom. The van der Waals surface area contributed by atoms with E-state index in [1.54, 1.807) is 6.20 Å². The van der Waals surface area contributed by atoms with Crippen LogP contribution in [0.4, 0.5) is 5.82 Å². The van der Waals surface area contributed by atoms with Crippen LogP contribution in [-0.4, -0.2) is 23.6 Å². The zero-order chi connectivity index (χ0) is 10.6. The quantitative estimate of drug-likeness (QED) is 0.852. The Morgan fingerprint density at radius 2 is 2.36 bits per heavy atom. The number of anilines is 1. The first-order valence-corrected chi connectivity index (χ1v) is 5.40. The van der Waals surface area contributed by atoms with Crippen LogP contribution in [-0.2, 0) is 0 Å². The molecule has 1 aromatic rings. The van der Waals surface area contributed by atoms with Crippen LogP contribution in [0.3, 0.4) is 0 Å². The maximum Gasteiger partial charge on any atom is 0.128 e. The number of pyridine rings is 1. The number of nitrogens with two attached hydrogens (primary N) is 1. The van der Waals surface area contributed by atoms with Gasteiger partial charge >= 0.3 is 0 Å². The van der Waals surface area contributed by atoms with Crippen molar-refractivity contribution in [3.8, 4) is 0 Å². The lowest BCUT2D eigenvalue weighted by Gasteiger charge is -2.17. The second kappa shape index (κ2) is 5.26. The number of aromatic nitrogens is 1. The van der Waals surface area contributed by atoms with Crippen LogP contribution < -0.4 is 10.6 Å². The molecule has 0 aromatic carbocycles. The second-order valence-electron chi connectivity index (χ2n) is 2.97. The summed E-state index contributed by atoms with van der Waals surface area (Å²) in [6.45, 7) is 0.796. The Hall–Kier alpha value is -0.680. The van der Waals surface area contributed by atoms with Gasteiger partial charge < -0.3 is 10.6 Å². The van der Waals surface area contributed by atoms with Gasteiger partial charge in [-0.05, 0) is 28.1 Å². The molecule has 0 fully saturated rings. The SMILES string of the molecule is CN(CCC(N)=S)c1ccc(Br)cn1. The van der Waals surface area contributed by atoms with E-state index in [1.165, 1.54) is 0 Å². The van der Waals surface area contributed by atoms with Crippen molar-refractivity contribution in [2.75, 3.05) is 18.5 Å². The van der Waals surface area contributed by atoms with Crippen molar-refractivity contribution in [1.82, 2.24) is 4.98 Å². The molecule has 2 N–H and O–H groups in total. The first-order valence-electron chi connectivity index (χ1n) is 4.20. The van der Waals surface area contributed by atoms with E-state index >= 15 is 0 Å². The van der Waals surface area contributed by atoms with Crippen molar-refractivity contribution < 1.29 is 0 Å². The van der Waals surface area contributed by atoms with Crippen molar-refractivity contribution in [1.29, 1.82) is 0 Å². The molecule has 0 saturated carbocycles. The van der Waals surface area contributed by atoms with Gasteiger partial charge in [0.15, 0.2) is 0 Å². The average Bonchev–Trinajstić information content (AvgIpc) is 2.15. The van der Waals surface area contributed by atoms with Crippen molar-refractivity contribution in [3.05, 3.63) is 22.8 Å². The molecule has 3 nitrogen and oxygen atoms in total. The minimum Gasteiger partial charge on any atom is -0.393 e. The van der Waals surface area contributed by atoms with Gasteiger partial charge in [0.2, 0.25) is 0 Å². The van der Waals surface area contributed by atoms with Crippen LogP contribution in [0.15, 0.2) is 22.8 Å². The van der Waals surface area contributed by atoms with Crippen LogP contribution in [0, 0.1) is 0 Å². The molecule has 14 heavy (non-hydrogen) atoms. The topological polar surface area (TPSA) is 42.1 Å². The zero-order valence-corrected chi connectivity index (χ0v) is 10.3. The largest absolute Gasteiger partial charge is 0.393 e. The highest BCUT2D eigenvalue weighted by atomic mass is 79.9. The summed E-state index contributed by atoms with van der Waals surface area (Å²) in [7, 11) is 1.97. The summed E-state index contributed by atoms with van der Waals surface area (Å²) in [6.07, 6.45) is 2.48. The van der Waals surface area contributed by atoms with Gasteiger partial charge in [-0.15, -0.1) is 0 Å². The van der Waals surface area contributed by atoms with Crippen LogP contribution >= 0.6 is 28.1 Å². The molecule has 76 valence electrons. The number of nitrogens with zero attached hydrogens (tertiary/aromatic N) is 2. The summed E-state index contributed by atoms with van der Waals surface area (Å²) in [5, 5.41) is 0. The molecule has 0 saturated heterocycles. The summed E-state index contributed by atoms with van der Waals surface area (Å²) >= 11 is 8.14. The van der Waals surface area contributed by atoms with Gasteiger partial charge in [-0.2, -0.15) is 0 Å². The summed E-state index contributed by atoms with van der Waals surface area (Å²) in [6, 6.07) is 3.91. The van der Waals surface area contributed by atoms with Crippen molar-refractivity contribution in [3.63, 3.8) is 0 Å². The molecule has 1 heterocycles. The Bertz CT molecular complexity index is 312. The second-order valence-corrected chi connectivity index (χ2v) is 4.41. The van der Waals surface area contributed by atoms with Crippen LogP contribution in [0.25, 0.3) is 0 Å². The molecule has 0 radical (unpaired) electrons. The third-order valence-corrected chi connectivity index (χ3v) is 2.47. The molecule has 0 aliphatic rings. The molecular formula is C9H12BrN3S. The lowest BCUT2D eigenvalue weighted by molar-refractivity contribution is 0.898. The fraction of sp³-hybridized carbons (Fsp3) is 0.333. The van der Waals surface area contributed by atoms with Gasteiger partial charge in [0.05, 0.1) is 4.99 Å². The van der Waals surface area contributed by atoms with Crippen LogP contribution in [0.5, 0.6) is 0 Å². The molecule has 1 rings (SSSR count). The fourth-order valence-corrected chi connectivity index (χ4v) is 1.31. The molecule has 0 bridgehead atoms. The maximum absolute atomic E-state index is 5.42.